The first-order valence-corrected chi connectivity index (χ1v) is 8.40. The molecule has 0 saturated carbocycles. The highest BCUT2D eigenvalue weighted by Gasteiger charge is 2.16. The molecule has 8 heteroatoms. The monoisotopic (exact) mass is 312 g/mol. The van der Waals surface area contributed by atoms with Gasteiger partial charge in [0.25, 0.3) is 0 Å². The minimum absolute atomic E-state index is 0.0522. The Morgan fingerprint density at radius 3 is 2.65 bits per heavy atom. The van der Waals surface area contributed by atoms with Crippen LogP contribution in [-0.4, -0.2) is 35.0 Å². The molecule has 1 N–H and O–H groups in total. The fourth-order valence-electron chi connectivity index (χ4n) is 1.51. The fourth-order valence-corrected chi connectivity index (χ4v) is 3.60. The molecule has 2 aromatic rings. The van der Waals surface area contributed by atoms with E-state index in [-0.39, 0.29) is 10.1 Å². The third kappa shape index (κ3) is 3.81. The number of rotatable bonds is 6. The van der Waals surface area contributed by atoms with Gasteiger partial charge in [0, 0.05) is 18.8 Å². The van der Waals surface area contributed by atoms with Crippen LogP contribution >= 0.6 is 11.8 Å². The summed E-state index contributed by atoms with van der Waals surface area (Å²) in [7, 11) is -1.60. The van der Waals surface area contributed by atoms with E-state index < -0.39 is 10.0 Å². The zero-order valence-electron chi connectivity index (χ0n) is 11.2. The van der Waals surface area contributed by atoms with Gasteiger partial charge in [-0.1, -0.05) is 36.9 Å². The predicted octanol–water partition coefficient (Wildman–Crippen LogP) is 1.27. The third-order valence-corrected chi connectivity index (χ3v) is 5.18. The van der Waals surface area contributed by atoms with Gasteiger partial charge in [-0.3, -0.25) is 0 Å². The number of aryl methyl sites for hydroxylation is 1. The predicted molar refractivity (Wildman–Crippen MR) is 78.0 cm³/mol. The molecule has 108 valence electrons. The largest absolute Gasteiger partial charge is 0.312 e. The molecule has 0 aliphatic heterocycles. The molecule has 2 rings (SSSR count). The number of nitrogens with zero attached hydrogens (tertiary/aromatic N) is 3. The normalized spacial score (nSPS) is 13.3. The Kier molecular flexibility index (Phi) is 4.79. The third-order valence-electron chi connectivity index (χ3n) is 2.59. The molecule has 0 saturated heterocycles. The number of hydrogen-bond acceptors (Lipinski definition) is 5. The van der Waals surface area contributed by atoms with Gasteiger partial charge < -0.3 is 4.57 Å². The maximum atomic E-state index is 12.1. The van der Waals surface area contributed by atoms with Crippen molar-refractivity contribution in [2.45, 2.75) is 22.2 Å². The summed E-state index contributed by atoms with van der Waals surface area (Å²) < 4.78 is 28.5. The second-order valence-corrected chi connectivity index (χ2v) is 7.49. The molecule has 1 atom stereocenters. The molecule has 0 spiro atoms. The van der Waals surface area contributed by atoms with Crippen molar-refractivity contribution in [2.24, 2.45) is 7.05 Å². The van der Waals surface area contributed by atoms with Crippen molar-refractivity contribution in [3.8, 4) is 0 Å². The maximum Gasteiger partial charge on any atom is 0.240 e. The highest BCUT2D eigenvalue weighted by molar-refractivity contribution is 7.99. The summed E-state index contributed by atoms with van der Waals surface area (Å²) in [6.45, 7) is 2.27. The van der Waals surface area contributed by atoms with E-state index in [2.05, 4.69) is 14.9 Å². The van der Waals surface area contributed by atoms with Crippen LogP contribution in [0.15, 0.2) is 46.7 Å². The molecular formula is C12H16N4O2S2. The number of benzene rings is 1. The lowest BCUT2D eigenvalue weighted by atomic mass is 10.4. The Morgan fingerprint density at radius 2 is 2.05 bits per heavy atom. The summed E-state index contributed by atoms with van der Waals surface area (Å²) in [5.74, 6) is 0. The molecule has 1 aromatic carbocycles. The van der Waals surface area contributed by atoms with Crippen LogP contribution in [0.4, 0.5) is 0 Å². The quantitative estimate of drug-likeness (QED) is 0.813. The lowest BCUT2D eigenvalue weighted by Gasteiger charge is -2.12. The highest BCUT2D eigenvalue weighted by atomic mass is 32.2. The maximum absolute atomic E-state index is 12.1. The van der Waals surface area contributed by atoms with Crippen molar-refractivity contribution in [3.05, 3.63) is 36.7 Å². The molecule has 0 radical (unpaired) electrons. The average molecular weight is 312 g/mol. The van der Waals surface area contributed by atoms with E-state index in [0.717, 1.165) is 5.16 Å². The van der Waals surface area contributed by atoms with Crippen molar-refractivity contribution in [2.75, 3.05) is 6.54 Å². The smallest absolute Gasteiger partial charge is 0.240 e. The Balaban J connectivity index is 1.93. The summed E-state index contributed by atoms with van der Waals surface area (Å²) >= 11 is 1.48. The van der Waals surface area contributed by atoms with E-state index in [1.165, 1.54) is 11.8 Å². The SMILES string of the molecule is CC(CNS(=O)(=O)c1ccccc1)Sc1nncn1C. The van der Waals surface area contributed by atoms with Gasteiger partial charge in [0.1, 0.15) is 6.33 Å². The van der Waals surface area contributed by atoms with E-state index in [0.29, 0.717) is 6.54 Å². The fraction of sp³-hybridized carbons (Fsp3) is 0.333. The van der Waals surface area contributed by atoms with Crippen LogP contribution in [0.1, 0.15) is 6.92 Å². The van der Waals surface area contributed by atoms with Gasteiger partial charge in [-0.15, -0.1) is 10.2 Å². The van der Waals surface area contributed by atoms with Crippen LogP contribution < -0.4 is 4.72 Å². The Labute approximate surface area is 122 Å². The second kappa shape index (κ2) is 6.38. The molecule has 0 aliphatic rings. The topological polar surface area (TPSA) is 76.9 Å². The Morgan fingerprint density at radius 1 is 1.35 bits per heavy atom. The van der Waals surface area contributed by atoms with Crippen LogP contribution in [0.3, 0.4) is 0 Å². The first kappa shape index (κ1) is 15.0. The lowest BCUT2D eigenvalue weighted by molar-refractivity contribution is 0.581. The Bertz CT molecular complexity index is 655. The number of hydrogen-bond donors (Lipinski definition) is 1. The summed E-state index contributed by atoms with van der Waals surface area (Å²) in [4.78, 5) is 0.274. The zero-order chi connectivity index (χ0) is 14.6. The van der Waals surface area contributed by atoms with Crippen LogP contribution in [-0.2, 0) is 17.1 Å². The van der Waals surface area contributed by atoms with Crippen LogP contribution in [0, 0.1) is 0 Å². The van der Waals surface area contributed by atoms with E-state index in [1.54, 1.807) is 41.2 Å². The highest BCUT2D eigenvalue weighted by Crippen LogP contribution is 2.19. The minimum atomic E-state index is -3.45. The minimum Gasteiger partial charge on any atom is -0.312 e. The summed E-state index contributed by atoms with van der Waals surface area (Å²) in [5, 5.41) is 8.55. The Hall–Kier alpha value is -1.38. The first-order chi connectivity index (χ1) is 9.49. The molecule has 1 unspecified atom stereocenters. The second-order valence-electron chi connectivity index (χ2n) is 4.32. The van der Waals surface area contributed by atoms with Crippen LogP contribution in [0.25, 0.3) is 0 Å². The van der Waals surface area contributed by atoms with Gasteiger partial charge in [0.2, 0.25) is 10.0 Å². The molecule has 0 aliphatic carbocycles. The number of nitrogens with one attached hydrogen (secondary N) is 1. The van der Waals surface area contributed by atoms with Crippen molar-refractivity contribution in [3.63, 3.8) is 0 Å². The van der Waals surface area contributed by atoms with E-state index in [1.807, 2.05) is 14.0 Å². The first-order valence-electron chi connectivity index (χ1n) is 6.04. The standard InChI is InChI=1S/C12H16N4O2S2/c1-10(19-12-15-13-9-16(12)2)8-14-20(17,18)11-6-4-3-5-7-11/h3-7,9-10,14H,8H2,1-2H3. The molecule has 0 bridgehead atoms. The number of sulfonamides is 1. The molecule has 0 amide bonds. The van der Waals surface area contributed by atoms with E-state index in [9.17, 15) is 8.42 Å². The lowest BCUT2D eigenvalue weighted by Crippen LogP contribution is -2.29. The van der Waals surface area contributed by atoms with Gasteiger partial charge in [-0.25, -0.2) is 13.1 Å². The summed E-state index contributed by atoms with van der Waals surface area (Å²) in [6.07, 6.45) is 1.61. The van der Waals surface area contributed by atoms with Gasteiger partial charge in [-0.2, -0.15) is 0 Å². The zero-order valence-corrected chi connectivity index (χ0v) is 12.9. The van der Waals surface area contributed by atoms with Crippen molar-refractivity contribution in [1.29, 1.82) is 0 Å². The number of aromatic nitrogens is 3. The van der Waals surface area contributed by atoms with Crippen LogP contribution in [0.2, 0.25) is 0 Å². The molecule has 1 aromatic heterocycles. The number of thioether (sulfide) groups is 1. The average Bonchev–Trinajstić information content (AvgIpc) is 2.83. The molecule has 6 nitrogen and oxygen atoms in total. The van der Waals surface area contributed by atoms with Crippen molar-refractivity contribution < 1.29 is 8.42 Å². The van der Waals surface area contributed by atoms with Crippen molar-refractivity contribution >= 4 is 21.8 Å². The van der Waals surface area contributed by atoms with Gasteiger partial charge in [0.05, 0.1) is 4.90 Å². The van der Waals surface area contributed by atoms with Gasteiger partial charge in [0.15, 0.2) is 5.16 Å². The summed E-state index contributed by atoms with van der Waals surface area (Å²) in [6, 6.07) is 8.33. The molecule has 0 fully saturated rings. The molecule has 1 heterocycles. The van der Waals surface area contributed by atoms with E-state index >= 15 is 0 Å². The summed E-state index contributed by atoms with van der Waals surface area (Å²) in [5.41, 5.74) is 0. The van der Waals surface area contributed by atoms with Gasteiger partial charge in [-0.05, 0) is 12.1 Å². The van der Waals surface area contributed by atoms with E-state index in [4.69, 9.17) is 0 Å². The molecule has 20 heavy (non-hydrogen) atoms. The van der Waals surface area contributed by atoms with Gasteiger partial charge >= 0.3 is 0 Å². The van der Waals surface area contributed by atoms with Crippen LogP contribution in [0.5, 0.6) is 0 Å². The van der Waals surface area contributed by atoms with Crippen molar-refractivity contribution in [1.82, 2.24) is 19.5 Å². The molecular weight excluding hydrogens is 296 g/mol.